The van der Waals surface area contributed by atoms with Crippen LogP contribution in [-0.2, 0) is 4.74 Å². The van der Waals surface area contributed by atoms with Gasteiger partial charge in [-0.3, -0.25) is 10.1 Å². The number of alkyl halides is 1. The number of benzene rings is 3. The first kappa shape index (κ1) is 25.6. The molecule has 0 bridgehead atoms. The first-order chi connectivity index (χ1) is 16.5. The third kappa shape index (κ3) is 7.24. The number of hydrogen-bond donors (Lipinski definition) is 2. The molecule has 34 heavy (non-hydrogen) atoms. The molecular formula is C27H28Cl2N2O3. The number of ketones is 1. The van der Waals surface area contributed by atoms with Gasteiger partial charge in [0.05, 0.1) is 23.0 Å². The van der Waals surface area contributed by atoms with Crippen molar-refractivity contribution >= 4 is 52.1 Å². The standard InChI is InChI=1S/C27H28Cl2N2O3/c1-19-10-4-5-11-21(19)26(32)22-15-14-20(18-23(22)29)30-24-12-6-7-13-25(24)31-27(33)34-17-9-3-2-8-16-28/h4-7,10-15,18,30H,2-3,8-9,16-17H2,1H3,(H,31,33). The van der Waals surface area contributed by atoms with Crippen molar-refractivity contribution in [1.82, 2.24) is 0 Å². The highest BCUT2D eigenvalue weighted by Gasteiger charge is 2.15. The molecule has 3 aromatic rings. The van der Waals surface area contributed by atoms with E-state index in [1.165, 1.54) is 0 Å². The fraction of sp³-hybridized carbons (Fsp3) is 0.259. The van der Waals surface area contributed by atoms with Gasteiger partial charge in [0, 0.05) is 22.7 Å². The second-order valence-corrected chi connectivity index (χ2v) is 8.66. The zero-order valence-electron chi connectivity index (χ0n) is 19.1. The number of amides is 1. The summed E-state index contributed by atoms with van der Waals surface area (Å²) < 4.78 is 5.27. The van der Waals surface area contributed by atoms with Crippen LogP contribution in [0.25, 0.3) is 0 Å². The molecule has 0 aliphatic rings. The molecule has 0 atom stereocenters. The number of nitrogens with one attached hydrogen (secondary N) is 2. The number of hydrogen-bond acceptors (Lipinski definition) is 4. The van der Waals surface area contributed by atoms with E-state index < -0.39 is 6.09 Å². The van der Waals surface area contributed by atoms with Crippen LogP contribution >= 0.6 is 23.2 Å². The van der Waals surface area contributed by atoms with Gasteiger partial charge in [-0.15, -0.1) is 11.6 Å². The molecule has 178 valence electrons. The molecule has 7 heteroatoms. The first-order valence-corrected chi connectivity index (χ1v) is 12.2. The SMILES string of the molecule is Cc1ccccc1C(=O)c1ccc(Nc2ccccc2NC(=O)OCCCCCCCl)cc1Cl. The fourth-order valence-corrected chi connectivity index (χ4v) is 3.92. The lowest BCUT2D eigenvalue weighted by Gasteiger charge is -2.14. The Labute approximate surface area is 210 Å². The summed E-state index contributed by atoms with van der Waals surface area (Å²) in [5.41, 5.74) is 3.89. The highest BCUT2D eigenvalue weighted by atomic mass is 35.5. The Morgan fingerprint density at radius 3 is 2.29 bits per heavy atom. The van der Waals surface area contributed by atoms with E-state index in [-0.39, 0.29) is 5.78 Å². The summed E-state index contributed by atoms with van der Waals surface area (Å²) >= 11 is 12.1. The topological polar surface area (TPSA) is 67.4 Å². The predicted molar refractivity (Wildman–Crippen MR) is 140 cm³/mol. The van der Waals surface area contributed by atoms with E-state index in [9.17, 15) is 9.59 Å². The molecule has 0 unspecified atom stereocenters. The van der Waals surface area contributed by atoms with Crippen LogP contribution < -0.4 is 10.6 Å². The lowest BCUT2D eigenvalue weighted by molar-refractivity contribution is 0.103. The largest absolute Gasteiger partial charge is 0.449 e. The zero-order valence-corrected chi connectivity index (χ0v) is 20.6. The minimum Gasteiger partial charge on any atom is -0.449 e. The molecule has 0 fully saturated rings. The van der Waals surface area contributed by atoms with Gasteiger partial charge in [0.1, 0.15) is 0 Å². The van der Waals surface area contributed by atoms with Gasteiger partial charge in [-0.1, -0.05) is 60.8 Å². The van der Waals surface area contributed by atoms with Crippen molar-refractivity contribution in [3.63, 3.8) is 0 Å². The quantitative estimate of drug-likeness (QED) is 0.160. The molecule has 0 heterocycles. The van der Waals surface area contributed by atoms with Crippen LogP contribution in [0.1, 0.15) is 47.2 Å². The number of rotatable bonds is 11. The summed E-state index contributed by atoms with van der Waals surface area (Å²) in [6, 6.07) is 19.9. The van der Waals surface area contributed by atoms with Crippen molar-refractivity contribution in [3.8, 4) is 0 Å². The van der Waals surface area contributed by atoms with Gasteiger partial charge in [0.15, 0.2) is 5.78 Å². The van der Waals surface area contributed by atoms with E-state index in [4.69, 9.17) is 27.9 Å². The predicted octanol–water partition coefficient (Wildman–Crippen LogP) is 7.97. The smallest absolute Gasteiger partial charge is 0.411 e. The van der Waals surface area contributed by atoms with Gasteiger partial charge >= 0.3 is 6.09 Å². The van der Waals surface area contributed by atoms with E-state index in [0.29, 0.717) is 45.7 Å². The average Bonchev–Trinajstić information content (AvgIpc) is 2.82. The van der Waals surface area contributed by atoms with E-state index in [0.717, 1.165) is 31.2 Å². The van der Waals surface area contributed by atoms with Crippen LogP contribution in [0, 0.1) is 6.92 Å². The minimum atomic E-state index is -0.510. The number of carbonyl (C=O) groups excluding carboxylic acids is 2. The molecule has 3 aromatic carbocycles. The second kappa shape index (κ2) is 13.0. The molecule has 2 N–H and O–H groups in total. The van der Waals surface area contributed by atoms with Crippen LogP contribution in [-0.4, -0.2) is 24.4 Å². The van der Waals surface area contributed by atoms with Crippen molar-refractivity contribution in [1.29, 1.82) is 0 Å². The van der Waals surface area contributed by atoms with Crippen molar-refractivity contribution in [3.05, 3.63) is 88.4 Å². The Balaban J connectivity index is 1.64. The van der Waals surface area contributed by atoms with Crippen LogP contribution in [0.2, 0.25) is 5.02 Å². The van der Waals surface area contributed by atoms with Crippen LogP contribution in [0.3, 0.4) is 0 Å². The Morgan fingerprint density at radius 2 is 1.56 bits per heavy atom. The van der Waals surface area contributed by atoms with Crippen molar-refractivity contribution < 1.29 is 14.3 Å². The molecule has 1 amide bonds. The maximum atomic E-state index is 12.9. The van der Waals surface area contributed by atoms with Crippen LogP contribution in [0.15, 0.2) is 66.7 Å². The Bertz CT molecular complexity index is 1130. The maximum Gasteiger partial charge on any atom is 0.411 e. The summed E-state index contributed by atoms with van der Waals surface area (Å²) in [7, 11) is 0. The first-order valence-electron chi connectivity index (χ1n) is 11.3. The molecule has 0 aliphatic carbocycles. The molecule has 0 aromatic heterocycles. The molecule has 0 radical (unpaired) electrons. The molecule has 5 nitrogen and oxygen atoms in total. The highest BCUT2D eigenvalue weighted by Crippen LogP contribution is 2.29. The van der Waals surface area contributed by atoms with Crippen LogP contribution in [0.5, 0.6) is 0 Å². The molecular weight excluding hydrogens is 471 g/mol. The average molecular weight is 499 g/mol. The number of carbonyl (C=O) groups is 2. The zero-order chi connectivity index (χ0) is 24.3. The Morgan fingerprint density at radius 1 is 0.853 bits per heavy atom. The Hall–Kier alpha value is -3.02. The van der Waals surface area contributed by atoms with Crippen molar-refractivity contribution in [2.45, 2.75) is 32.6 Å². The third-order valence-electron chi connectivity index (χ3n) is 5.31. The summed E-state index contributed by atoms with van der Waals surface area (Å²) in [4.78, 5) is 25.1. The number of para-hydroxylation sites is 2. The summed E-state index contributed by atoms with van der Waals surface area (Å²) in [6.07, 6.45) is 3.26. The van der Waals surface area contributed by atoms with E-state index in [1.807, 2.05) is 43.3 Å². The molecule has 0 spiro atoms. The van der Waals surface area contributed by atoms with Gasteiger partial charge < -0.3 is 10.1 Å². The monoisotopic (exact) mass is 498 g/mol. The second-order valence-electron chi connectivity index (χ2n) is 7.87. The number of anilines is 3. The van der Waals surface area contributed by atoms with Crippen molar-refractivity contribution in [2.24, 2.45) is 0 Å². The maximum absolute atomic E-state index is 12.9. The normalized spacial score (nSPS) is 10.6. The molecule has 0 saturated carbocycles. The van der Waals surface area contributed by atoms with Gasteiger partial charge in [0.2, 0.25) is 0 Å². The van der Waals surface area contributed by atoms with E-state index in [1.54, 1.807) is 30.3 Å². The summed E-state index contributed by atoms with van der Waals surface area (Å²) in [5.74, 6) is 0.532. The third-order valence-corrected chi connectivity index (χ3v) is 5.89. The minimum absolute atomic E-state index is 0.123. The number of unbranched alkanes of at least 4 members (excludes halogenated alkanes) is 3. The molecule has 0 saturated heterocycles. The van der Waals surface area contributed by atoms with Gasteiger partial charge in [-0.05, 0) is 55.7 Å². The summed E-state index contributed by atoms with van der Waals surface area (Å²) in [6.45, 7) is 2.25. The van der Waals surface area contributed by atoms with Gasteiger partial charge in [-0.2, -0.15) is 0 Å². The molecule has 0 aliphatic heterocycles. The van der Waals surface area contributed by atoms with E-state index >= 15 is 0 Å². The van der Waals surface area contributed by atoms with Crippen LogP contribution in [0.4, 0.5) is 21.9 Å². The molecule has 3 rings (SSSR count). The Kier molecular flexibility index (Phi) is 9.80. The van der Waals surface area contributed by atoms with Crippen molar-refractivity contribution in [2.75, 3.05) is 23.1 Å². The lowest BCUT2D eigenvalue weighted by atomic mass is 9.99. The number of ether oxygens (including phenoxy) is 1. The fourth-order valence-electron chi connectivity index (χ4n) is 3.47. The highest BCUT2D eigenvalue weighted by molar-refractivity contribution is 6.35. The summed E-state index contributed by atoms with van der Waals surface area (Å²) in [5, 5.41) is 6.37. The van der Waals surface area contributed by atoms with E-state index in [2.05, 4.69) is 10.6 Å². The van der Waals surface area contributed by atoms with Gasteiger partial charge in [0.25, 0.3) is 0 Å². The number of aryl methyl sites for hydroxylation is 1. The van der Waals surface area contributed by atoms with Gasteiger partial charge in [-0.25, -0.2) is 4.79 Å². The lowest BCUT2D eigenvalue weighted by Crippen LogP contribution is -2.15. The number of halogens is 2.